The molecule has 3 nitrogen and oxygen atoms in total. The predicted molar refractivity (Wildman–Crippen MR) is 51.5 cm³/mol. The Morgan fingerprint density at radius 1 is 1.12 bits per heavy atom. The molecule has 1 heterocycles. The van der Waals surface area contributed by atoms with Crippen LogP contribution >= 0.6 is 0 Å². The fourth-order valence-electron chi connectivity index (χ4n) is 1.39. The van der Waals surface area contributed by atoms with Gasteiger partial charge in [0.15, 0.2) is 0 Å². The van der Waals surface area contributed by atoms with Crippen molar-refractivity contribution >= 4 is 20.7 Å². The zero-order valence-corrected chi connectivity index (χ0v) is 8.56. The van der Waals surface area contributed by atoms with Crippen molar-refractivity contribution in [2.24, 2.45) is 0 Å². The number of nitrogens with one attached hydrogen (secondary N) is 1. The highest BCUT2D eigenvalue weighted by atomic mass is 32.2. The van der Waals surface area contributed by atoms with E-state index in [2.05, 4.69) is 4.98 Å². The Hall–Kier alpha value is -1.50. The van der Waals surface area contributed by atoms with E-state index in [4.69, 9.17) is 0 Å². The van der Waals surface area contributed by atoms with Crippen molar-refractivity contribution < 1.29 is 21.6 Å². The Bertz CT molecular complexity index is 627. The van der Waals surface area contributed by atoms with Crippen molar-refractivity contribution in [1.29, 1.82) is 0 Å². The highest BCUT2D eigenvalue weighted by Crippen LogP contribution is 2.34. The van der Waals surface area contributed by atoms with Gasteiger partial charge in [0.05, 0.1) is 0 Å². The van der Waals surface area contributed by atoms with Crippen LogP contribution in [0.4, 0.5) is 13.2 Å². The fourth-order valence-corrected chi connectivity index (χ4v) is 2.32. The van der Waals surface area contributed by atoms with Crippen LogP contribution in [0.15, 0.2) is 35.4 Å². The van der Waals surface area contributed by atoms with E-state index in [1.54, 1.807) is 6.07 Å². The molecule has 0 saturated heterocycles. The fraction of sp³-hybridized carbons (Fsp3) is 0.111. The second kappa shape index (κ2) is 3.24. The van der Waals surface area contributed by atoms with E-state index in [-0.39, 0.29) is 5.39 Å². The van der Waals surface area contributed by atoms with E-state index >= 15 is 0 Å². The lowest BCUT2D eigenvalue weighted by Gasteiger charge is -2.06. The first-order chi connectivity index (χ1) is 7.34. The molecule has 0 fully saturated rings. The van der Waals surface area contributed by atoms with Crippen molar-refractivity contribution in [3.63, 3.8) is 0 Å². The monoisotopic (exact) mass is 249 g/mol. The Morgan fingerprint density at radius 3 is 2.38 bits per heavy atom. The third kappa shape index (κ3) is 1.47. The number of hydrogen-bond acceptors (Lipinski definition) is 2. The first kappa shape index (κ1) is 11.0. The largest absolute Gasteiger partial charge is 0.501 e. The molecule has 86 valence electrons. The van der Waals surface area contributed by atoms with Gasteiger partial charge in [-0.15, -0.1) is 0 Å². The van der Waals surface area contributed by atoms with E-state index < -0.39 is 20.2 Å². The number of fused-ring (bicyclic) bond motifs is 1. The number of para-hydroxylation sites is 1. The lowest BCUT2D eigenvalue weighted by molar-refractivity contribution is -0.0435. The quantitative estimate of drug-likeness (QED) is 0.844. The predicted octanol–water partition coefficient (Wildman–Crippen LogP) is 2.46. The molecule has 7 heteroatoms. The summed E-state index contributed by atoms with van der Waals surface area (Å²) < 4.78 is 59.3. The number of sulfone groups is 1. The minimum Gasteiger partial charge on any atom is -0.360 e. The molecule has 0 spiro atoms. The summed E-state index contributed by atoms with van der Waals surface area (Å²) in [5, 5.41) is 0.0415. The SMILES string of the molecule is O=S(=O)(c1c[nH]c2ccccc12)C(F)(F)F. The van der Waals surface area contributed by atoms with Crippen molar-refractivity contribution in [1.82, 2.24) is 4.98 Å². The van der Waals surface area contributed by atoms with Gasteiger partial charge in [-0.3, -0.25) is 0 Å². The minimum absolute atomic E-state index is 0.0415. The summed E-state index contributed by atoms with van der Waals surface area (Å²) in [4.78, 5) is 1.75. The van der Waals surface area contributed by atoms with E-state index in [1.807, 2.05) is 0 Å². The number of halogens is 3. The van der Waals surface area contributed by atoms with Crippen LogP contribution in [0.5, 0.6) is 0 Å². The van der Waals surface area contributed by atoms with Crippen LogP contribution in [-0.2, 0) is 9.84 Å². The molecule has 1 N–H and O–H groups in total. The summed E-state index contributed by atoms with van der Waals surface area (Å²) in [6, 6.07) is 5.91. The third-order valence-corrected chi connectivity index (χ3v) is 3.67. The topological polar surface area (TPSA) is 49.9 Å². The number of benzene rings is 1. The van der Waals surface area contributed by atoms with Crippen molar-refractivity contribution in [3.8, 4) is 0 Å². The smallest absolute Gasteiger partial charge is 0.360 e. The van der Waals surface area contributed by atoms with Crippen molar-refractivity contribution in [2.75, 3.05) is 0 Å². The summed E-state index contributed by atoms with van der Waals surface area (Å²) in [7, 11) is -5.29. The molecule has 0 bridgehead atoms. The Balaban J connectivity index is 2.75. The van der Waals surface area contributed by atoms with Crippen LogP contribution in [0.1, 0.15) is 0 Å². The lowest BCUT2D eigenvalue weighted by Crippen LogP contribution is -2.22. The van der Waals surface area contributed by atoms with Crippen LogP contribution in [0.2, 0.25) is 0 Å². The van der Waals surface area contributed by atoms with Crippen LogP contribution in [-0.4, -0.2) is 18.9 Å². The van der Waals surface area contributed by atoms with Gasteiger partial charge >= 0.3 is 5.51 Å². The van der Waals surface area contributed by atoms with Gasteiger partial charge in [-0.2, -0.15) is 13.2 Å². The molecule has 1 aromatic heterocycles. The summed E-state index contributed by atoms with van der Waals surface area (Å²) in [6.07, 6.45) is 0.855. The number of hydrogen-bond donors (Lipinski definition) is 1. The number of aromatic amines is 1. The molecule has 0 aliphatic heterocycles. The number of H-pyrrole nitrogens is 1. The summed E-state index contributed by atoms with van der Waals surface area (Å²) in [6.45, 7) is 0. The van der Waals surface area contributed by atoms with Crippen LogP contribution in [0.25, 0.3) is 10.9 Å². The molecule has 0 aliphatic carbocycles. The maximum atomic E-state index is 12.3. The molecular formula is C9H6F3NO2S. The highest BCUT2D eigenvalue weighted by Gasteiger charge is 2.47. The average Bonchev–Trinajstić information content (AvgIpc) is 2.59. The zero-order chi connectivity index (χ0) is 12.0. The second-order valence-electron chi connectivity index (χ2n) is 3.15. The highest BCUT2D eigenvalue weighted by molar-refractivity contribution is 7.92. The van der Waals surface area contributed by atoms with Gasteiger partial charge in [-0.1, -0.05) is 18.2 Å². The van der Waals surface area contributed by atoms with Gasteiger partial charge < -0.3 is 4.98 Å². The molecule has 0 saturated carbocycles. The van der Waals surface area contributed by atoms with E-state index in [0.717, 1.165) is 6.20 Å². The van der Waals surface area contributed by atoms with E-state index in [9.17, 15) is 21.6 Å². The molecule has 0 amide bonds. The lowest BCUT2D eigenvalue weighted by atomic mass is 10.2. The molecule has 0 aliphatic rings. The van der Waals surface area contributed by atoms with Gasteiger partial charge in [0.2, 0.25) is 0 Å². The molecule has 0 atom stereocenters. The molecule has 2 aromatic rings. The van der Waals surface area contributed by atoms with Crippen LogP contribution < -0.4 is 0 Å². The van der Waals surface area contributed by atoms with Crippen LogP contribution in [0.3, 0.4) is 0 Å². The first-order valence-corrected chi connectivity index (χ1v) is 5.70. The van der Waals surface area contributed by atoms with Gasteiger partial charge in [0, 0.05) is 17.1 Å². The normalized spacial score (nSPS) is 13.2. The summed E-state index contributed by atoms with van der Waals surface area (Å²) in [5.74, 6) is 0. The Kier molecular flexibility index (Phi) is 2.23. The maximum absolute atomic E-state index is 12.3. The van der Waals surface area contributed by atoms with E-state index in [1.165, 1.54) is 18.2 Å². The average molecular weight is 249 g/mol. The first-order valence-electron chi connectivity index (χ1n) is 4.21. The molecule has 0 radical (unpaired) electrons. The van der Waals surface area contributed by atoms with Crippen LogP contribution in [0, 0.1) is 0 Å². The molecule has 0 unspecified atom stereocenters. The molecule has 16 heavy (non-hydrogen) atoms. The van der Waals surface area contributed by atoms with Gasteiger partial charge in [-0.25, -0.2) is 8.42 Å². The minimum atomic E-state index is -5.29. The van der Waals surface area contributed by atoms with Crippen molar-refractivity contribution in [2.45, 2.75) is 10.4 Å². The van der Waals surface area contributed by atoms with Gasteiger partial charge in [0.25, 0.3) is 9.84 Å². The number of rotatable bonds is 1. The Labute approximate surface area is 88.8 Å². The van der Waals surface area contributed by atoms with Gasteiger partial charge in [-0.05, 0) is 6.07 Å². The second-order valence-corrected chi connectivity index (χ2v) is 5.06. The Morgan fingerprint density at radius 2 is 1.75 bits per heavy atom. The molecular weight excluding hydrogens is 243 g/mol. The summed E-state index contributed by atoms with van der Waals surface area (Å²) in [5.41, 5.74) is -4.93. The van der Waals surface area contributed by atoms with Crippen molar-refractivity contribution in [3.05, 3.63) is 30.5 Å². The number of alkyl halides is 3. The van der Waals surface area contributed by atoms with E-state index in [0.29, 0.717) is 5.52 Å². The molecule has 1 aromatic carbocycles. The number of aromatic nitrogens is 1. The zero-order valence-electron chi connectivity index (χ0n) is 7.75. The summed E-state index contributed by atoms with van der Waals surface area (Å²) >= 11 is 0. The molecule has 2 rings (SSSR count). The maximum Gasteiger partial charge on any atom is 0.501 e. The van der Waals surface area contributed by atoms with Gasteiger partial charge in [0.1, 0.15) is 4.90 Å². The standard InChI is InChI=1S/C9H6F3NO2S/c10-9(11,12)16(14,15)8-5-13-7-4-2-1-3-6(7)8/h1-5,13H. The third-order valence-electron chi connectivity index (χ3n) is 2.15.